The average molecular weight is 771 g/mol. The molecule has 1 atom stereocenters. The van der Waals surface area contributed by atoms with Crippen molar-refractivity contribution in [3.8, 4) is 22.3 Å². The maximum Gasteiger partial charge on any atom is 0.137 e. The third kappa shape index (κ3) is 6.49. The number of rotatable bonds is 8. The van der Waals surface area contributed by atoms with E-state index in [1.54, 1.807) is 0 Å². The highest BCUT2D eigenvalue weighted by Gasteiger charge is 2.21. The van der Waals surface area contributed by atoms with Gasteiger partial charge in [0.2, 0.25) is 0 Å². The molecular weight excluding hydrogens is 731 g/mol. The molecule has 8 aromatic carbocycles. The Balaban J connectivity index is 1.02. The van der Waals surface area contributed by atoms with Gasteiger partial charge in [0.1, 0.15) is 11.2 Å². The standard InChI is InChI=1S/C56H40N3O/c1-4-16-38(17-5-1)39-30-32-42(33-31-39)51-37-50(41-19-6-2-7-20-41)57-56(58-51)48-26-13-12-25-46(48)47-27-15-29-53-55(47)49-35-34-44(36-54(49)60-53)59(43-22-8-3-9-23-43)52-28-14-21-40-18-10-11-24-45(40)52/h1-2,4-8,10-37,50H,3,9H2/q-1. The molecule has 1 aliphatic carbocycles. The van der Waals surface area contributed by atoms with Crippen molar-refractivity contribution < 1.29 is 4.42 Å². The van der Waals surface area contributed by atoms with Crippen LogP contribution in [0.4, 0.5) is 11.4 Å². The lowest BCUT2D eigenvalue weighted by atomic mass is 9.93. The molecule has 2 aliphatic rings. The first-order chi connectivity index (χ1) is 29.7. The highest BCUT2D eigenvalue weighted by Crippen LogP contribution is 2.44. The minimum Gasteiger partial charge on any atom is -0.456 e. The van der Waals surface area contributed by atoms with E-state index in [0.717, 1.165) is 85.4 Å². The Morgan fingerprint density at radius 2 is 1.25 bits per heavy atom. The predicted molar refractivity (Wildman–Crippen MR) is 251 cm³/mol. The van der Waals surface area contributed by atoms with Crippen LogP contribution in [0, 0.1) is 0 Å². The van der Waals surface area contributed by atoms with Gasteiger partial charge < -0.3 is 19.6 Å². The predicted octanol–water partition coefficient (Wildman–Crippen LogP) is 15.4. The van der Waals surface area contributed by atoms with Gasteiger partial charge in [-0.1, -0.05) is 182 Å². The molecule has 0 bridgehead atoms. The van der Waals surface area contributed by atoms with E-state index in [9.17, 15) is 0 Å². The molecule has 60 heavy (non-hydrogen) atoms. The van der Waals surface area contributed by atoms with Crippen LogP contribution in [0.1, 0.15) is 35.6 Å². The highest BCUT2D eigenvalue weighted by molar-refractivity contribution is 6.19. The summed E-state index contributed by atoms with van der Waals surface area (Å²) in [6, 6.07) is 66.1. The Bertz CT molecular complexity index is 3170. The fourth-order valence-corrected chi connectivity index (χ4v) is 8.76. The van der Waals surface area contributed by atoms with Crippen LogP contribution in [0.25, 0.3) is 66.0 Å². The van der Waals surface area contributed by atoms with Gasteiger partial charge in [-0.3, -0.25) is 0 Å². The fourth-order valence-electron chi connectivity index (χ4n) is 8.76. The lowest BCUT2D eigenvalue weighted by Crippen LogP contribution is -2.16. The number of allylic oxidation sites excluding steroid dienone is 3. The Morgan fingerprint density at radius 3 is 2.08 bits per heavy atom. The van der Waals surface area contributed by atoms with Gasteiger partial charge in [-0.15, -0.1) is 0 Å². The molecule has 286 valence electrons. The van der Waals surface area contributed by atoms with E-state index < -0.39 is 0 Å². The van der Waals surface area contributed by atoms with Crippen molar-refractivity contribution in [3.63, 3.8) is 0 Å². The number of amidine groups is 1. The lowest BCUT2D eigenvalue weighted by Gasteiger charge is -2.34. The summed E-state index contributed by atoms with van der Waals surface area (Å²) in [5.74, 6) is 0.704. The van der Waals surface area contributed by atoms with Crippen molar-refractivity contribution in [1.82, 2.24) is 0 Å². The molecule has 0 saturated carbocycles. The Labute approximate surface area is 349 Å². The summed E-state index contributed by atoms with van der Waals surface area (Å²) in [5, 5.41) is 9.89. The molecule has 0 N–H and O–H groups in total. The number of fused-ring (bicyclic) bond motifs is 4. The molecule has 0 fully saturated rings. The van der Waals surface area contributed by atoms with Gasteiger partial charge in [0, 0.05) is 39.7 Å². The van der Waals surface area contributed by atoms with Crippen LogP contribution >= 0.6 is 0 Å². The summed E-state index contributed by atoms with van der Waals surface area (Å²) >= 11 is 0. The minimum atomic E-state index is -0.196. The highest BCUT2D eigenvalue weighted by atomic mass is 16.3. The third-order valence-electron chi connectivity index (χ3n) is 11.7. The number of nitrogens with zero attached hydrogens (tertiary/aromatic N) is 3. The summed E-state index contributed by atoms with van der Waals surface area (Å²) in [5.41, 5.74) is 13.6. The van der Waals surface area contributed by atoms with E-state index in [1.807, 2.05) is 12.1 Å². The van der Waals surface area contributed by atoms with Crippen molar-refractivity contribution in [2.45, 2.75) is 18.9 Å². The first-order valence-corrected chi connectivity index (χ1v) is 20.7. The van der Waals surface area contributed by atoms with Gasteiger partial charge in [-0.25, -0.2) is 0 Å². The van der Waals surface area contributed by atoms with Crippen molar-refractivity contribution in [2.75, 3.05) is 4.90 Å². The summed E-state index contributed by atoms with van der Waals surface area (Å²) in [6.07, 6.45) is 11.1. The summed E-state index contributed by atoms with van der Waals surface area (Å²) < 4.78 is 6.77. The molecule has 9 aromatic rings. The van der Waals surface area contributed by atoms with E-state index in [0.29, 0.717) is 5.84 Å². The number of hydrogen-bond acceptors (Lipinski definition) is 3. The summed E-state index contributed by atoms with van der Waals surface area (Å²) in [7, 11) is 0. The van der Waals surface area contributed by atoms with Crippen LogP contribution in [0.5, 0.6) is 0 Å². The molecule has 2 heterocycles. The number of anilines is 2. The summed E-state index contributed by atoms with van der Waals surface area (Å²) in [6.45, 7) is 0. The first-order valence-electron chi connectivity index (χ1n) is 20.7. The van der Waals surface area contributed by atoms with Crippen molar-refractivity contribution in [2.24, 2.45) is 4.99 Å². The number of hydrogen-bond donors (Lipinski definition) is 0. The topological polar surface area (TPSA) is 42.8 Å². The molecule has 0 radical (unpaired) electrons. The largest absolute Gasteiger partial charge is 0.456 e. The van der Waals surface area contributed by atoms with E-state index >= 15 is 0 Å². The van der Waals surface area contributed by atoms with Crippen LogP contribution in [0.3, 0.4) is 0 Å². The van der Waals surface area contributed by atoms with Crippen LogP contribution in [0.2, 0.25) is 0 Å². The Morgan fingerprint density at radius 1 is 0.550 bits per heavy atom. The number of aliphatic imine (C=N–C) groups is 1. The van der Waals surface area contributed by atoms with Crippen molar-refractivity contribution in [1.29, 1.82) is 0 Å². The zero-order valence-electron chi connectivity index (χ0n) is 32.9. The second-order valence-corrected chi connectivity index (χ2v) is 15.4. The molecule has 1 aromatic heterocycles. The SMILES string of the molecule is C1=CC(N(c2ccc3c(c2)oc2cccc(-c4ccccc4C4=NC(c5ccc(-c6ccccc6)cc5)=CC(c5ccccc5)[N-]4)c23)c2cccc3ccccc23)=CCC1. The Hall–Kier alpha value is -7.69. The van der Waals surface area contributed by atoms with Gasteiger partial charge in [-0.2, -0.15) is 0 Å². The molecule has 11 rings (SSSR count). The van der Waals surface area contributed by atoms with E-state index in [4.69, 9.17) is 14.7 Å². The van der Waals surface area contributed by atoms with Gasteiger partial charge in [-0.05, 0) is 93.2 Å². The van der Waals surface area contributed by atoms with Gasteiger partial charge in [0.25, 0.3) is 0 Å². The van der Waals surface area contributed by atoms with Crippen LogP contribution < -0.4 is 4.90 Å². The van der Waals surface area contributed by atoms with E-state index in [2.05, 4.69) is 205 Å². The van der Waals surface area contributed by atoms with Crippen LogP contribution in [-0.4, -0.2) is 5.84 Å². The molecule has 0 spiro atoms. The minimum absolute atomic E-state index is 0.196. The van der Waals surface area contributed by atoms with E-state index in [1.165, 1.54) is 21.9 Å². The third-order valence-corrected chi connectivity index (χ3v) is 11.7. The second kappa shape index (κ2) is 15.2. The quantitative estimate of drug-likeness (QED) is 0.154. The van der Waals surface area contributed by atoms with Gasteiger partial charge in [0.05, 0.1) is 5.69 Å². The van der Waals surface area contributed by atoms with E-state index in [-0.39, 0.29) is 6.04 Å². The smallest absolute Gasteiger partial charge is 0.137 e. The van der Waals surface area contributed by atoms with Gasteiger partial charge in [0.15, 0.2) is 0 Å². The zero-order valence-corrected chi connectivity index (χ0v) is 32.9. The maximum absolute atomic E-state index is 6.77. The van der Waals surface area contributed by atoms with Crippen LogP contribution in [0.15, 0.2) is 227 Å². The Kier molecular flexibility index (Phi) is 9.01. The molecule has 1 unspecified atom stereocenters. The monoisotopic (exact) mass is 770 g/mol. The van der Waals surface area contributed by atoms with Gasteiger partial charge >= 0.3 is 0 Å². The van der Waals surface area contributed by atoms with Crippen molar-refractivity contribution >= 4 is 55.6 Å². The molecule has 0 amide bonds. The maximum atomic E-state index is 6.77. The second-order valence-electron chi connectivity index (χ2n) is 15.4. The summed E-state index contributed by atoms with van der Waals surface area (Å²) in [4.78, 5) is 7.68. The first kappa shape index (κ1) is 35.5. The zero-order chi connectivity index (χ0) is 39.8. The fraction of sp³-hybridized carbons (Fsp3) is 0.0536. The molecular formula is C56H40N3O-. The average Bonchev–Trinajstić information content (AvgIpc) is 3.71. The van der Waals surface area contributed by atoms with Crippen molar-refractivity contribution in [3.05, 3.63) is 240 Å². The number of benzene rings is 8. The molecule has 0 saturated heterocycles. The molecule has 4 heteroatoms. The molecule has 4 nitrogen and oxygen atoms in total. The normalized spacial score (nSPS) is 15.1. The number of furan rings is 1. The lowest BCUT2D eigenvalue weighted by molar-refractivity contribution is 0.669. The van der Waals surface area contributed by atoms with Crippen LogP contribution in [-0.2, 0) is 0 Å². The molecule has 1 aliphatic heterocycles.